The summed E-state index contributed by atoms with van der Waals surface area (Å²) < 4.78 is 12.3. The van der Waals surface area contributed by atoms with Crippen LogP contribution in [-0.4, -0.2) is 67.6 Å². The fraction of sp³-hybridized carbons (Fsp3) is 0.531. The molecular formula is C32H44N6O7. The number of alkyl carbamates (subject to hydrolysis) is 1. The normalized spacial score (nSPS) is 17.1. The van der Waals surface area contributed by atoms with E-state index in [-0.39, 0.29) is 29.1 Å². The van der Waals surface area contributed by atoms with Gasteiger partial charge in [0.25, 0.3) is 5.91 Å². The van der Waals surface area contributed by atoms with E-state index in [1.165, 1.54) is 10.7 Å². The summed E-state index contributed by atoms with van der Waals surface area (Å²) in [4.78, 5) is 49.4. The Balaban J connectivity index is 1.68. The number of carbonyl (C=O) groups is 3. The van der Waals surface area contributed by atoms with Gasteiger partial charge in [0.15, 0.2) is 11.5 Å². The van der Waals surface area contributed by atoms with E-state index in [0.717, 1.165) is 17.9 Å². The second-order valence-corrected chi connectivity index (χ2v) is 13.1. The van der Waals surface area contributed by atoms with Crippen LogP contribution >= 0.6 is 0 Å². The molecule has 244 valence electrons. The summed E-state index contributed by atoms with van der Waals surface area (Å²) in [5, 5.41) is 21.8. The SMILES string of the molecule is CCOc1ccc(C(=O)N(OC(C)(C)C)c2c(C)c(NC3CCC(NC(=O)OC(C)(C)C)CC3)nc3c(C(=O)O)cnn23)cc1. The molecule has 0 spiro atoms. The number of anilines is 2. The molecule has 0 unspecified atom stereocenters. The molecule has 2 amide bonds. The number of nitrogens with one attached hydrogen (secondary N) is 2. The Morgan fingerprint density at radius 2 is 1.62 bits per heavy atom. The maximum atomic E-state index is 14.1. The van der Waals surface area contributed by atoms with Crippen molar-refractivity contribution in [3.05, 3.63) is 47.2 Å². The number of fused-ring (bicyclic) bond motifs is 1. The molecule has 2 aromatic heterocycles. The fourth-order valence-electron chi connectivity index (χ4n) is 5.07. The number of amides is 2. The van der Waals surface area contributed by atoms with Gasteiger partial charge >= 0.3 is 12.1 Å². The molecule has 45 heavy (non-hydrogen) atoms. The molecule has 1 aliphatic rings. The first-order chi connectivity index (χ1) is 21.1. The Hall–Kier alpha value is -4.39. The topological polar surface area (TPSA) is 157 Å². The highest BCUT2D eigenvalue weighted by molar-refractivity contribution is 6.05. The van der Waals surface area contributed by atoms with Crippen LogP contribution in [-0.2, 0) is 9.57 Å². The standard InChI is InChI=1S/C32H44N6O7/c1-9-43-23-16-10-20(11-17-23)28(39)38(45-32(6,7)8)27-19(2)25(36-26-24(29(40)41)18-33-37(26)27)34-21-12-14-22(15-13-21)35-30(42)44-31(3,4)5/h10-11,16-18,21-22H,9,12-15H2,1-8H3,(H,34,36)(H,35,42)(H,40,41). The summed E-state index contributed by atoms with van der Waals surface area (Å²) in [5.74, 6) is -0.417. The van der Waals surface area contributed by atoms with Gasteiger partial charge in [0.1, 0.15) is 22.7 Å². The van der Waals surface area contributed by atoms with Crippen molar-refractivity contribution in [2.45, 2.75) is 104 Å². The molecule has 3 N–H and O–H groups in total. The summed E-state index contributed by atoms with van der Waals surface area (Å²) in [6.07, 6.45) is 3.65. The van der Waals surface area contributed by atoms with Crippen molar-refractivity contribution in [3.8, 4) is 5.75 Å². The minimum absolute atomic E-state index is 0.0156. The maximum Gasteiger partial charge on any atom is 0.407 e. The Morgan fingerprint density at radius 1 is 1.00 bits per heavy atom. The molecular weight excluding hydrogens is 580 g/mol. The largest absolute Gasteiger partial charge is 0.494 e. The third-order valence-electron chi connectivity index (χ3n) is 7.03. The number of nitrogens with zero attached hydrogens (tertiary/aromatic N) is 4. The van der Waals surface area contributed by atoms with Gasteiger partial charge in [0.2, 0.25) is 0 Å². The molecule has 0 aliphatic heterocycles. The second kappa shape index (κ2) is 13.3. The number of hydrogen-bond acceptors (Lipinski definition) is 9. The number of hydroxylamine groups is 1. The van der Waals surface area contributed by atoms with Crippen molar-refractivity contribution < 1.29 is 33.8 Å². The van der Waals surface area contributed by atoms with E-state index in [1.807, 2.05) is 48.5 Å². The Kier molecular flexibility index (Phi) is 9.91. The molecule has 3 aromatic rings. The van der Waals surface area contributed by atoms with Crippen molar-refractivity contribution in [1.29, 1.82) is 0 Å². The summed E-state index contributed by atoms with van der Waals surface area (Å²) in [6, 6.07) is 6.67. The van der Waals surface area contributed by atoms with Crippen molar-refractivity contribution in [1.82, 2.24) is 19.9 Å². The average Bonchev–Trinajstić information content (AvgIpc) is 3.36. The maximum absolute atomic E-state index is 14.1. The number of carboxylic acid groups (broad SMARTS) is 1. The molecule has 4 rings (SSSR count). The number of carboxylic acids is 1. The van der Waals surface area contributed by atoms with Gasteiger partial charge in [-0.25, -0.2) is 14.6 Å². The first-order valence-corrected chi connectivity index (χ1v) is 15.2. The van der Waals surface area contributed by atoms with E-state index in [0.29, 0.717) is 42.1 Å². The van der Waals surface area contributed by atoms with Gasteiger partial charge in [-0.05, 0) is 105 Å². The van der Waals surface area contributed by atoms with Gasteiger partial charge in [-0.1, -0.05) is 0 Å². The minimum atomic E-state index is -1.20. The van der Waals surface area contributed by atoms with E-state index in [1.54, 1.807) is 31.2 Å². The molecule has 1 aromatic carbocycles. The highest BCUT2D eigenvalue weighted by Gasteiger charge is 2.33. The summed E-state index contributed by atoms with van der Waals surface area (Å²) in [5.41, 5.74) is -0.562. The second-order valence-electron chi connectivity index (χ2n) is 13.1. The average molecular weight is 625 g/mol. The van der Waals surface area contributed by atoms with Gasteiger partial charge < -0.3 is 25.2 Å². The fourth-order valence-corrected chi connectivity index (χ4v) is 5.07. The smallest absolute Gasteiger partial charge is 0.407 e. The van der Waals surface area contributed by atoms with Gasteiger partial charge in [-0.15, -0.1) is 0 Å². The van der Waals surface area contributed by atoms with Crippen LogP contribution in [0.3, 0.4) is 0 Å². The molecule has 1 aliphatic carbocycles. The number of aromatic carboxylic acids is 1. The van der Waals surface area contributed by atoms with Crippen LogP contribution in [0.5, 0.6) is 5.75 Å². The Labute approximate surface area is 263 Å². The van der Waals surface area contributed by atoms with Crippen LogP contribution in [0.2, 0.25) is 0 Å². The first kappa shape index (κ1) is 33.5. The van der Waals surface area contributed by atoms with Crippen molar-refractivity contribution in [2.75, 3.05) is 17.0 Å². The summed E-state index contributed by atoms with van der Waals surface area (Å²) >= 11 is 0. The number of carbonyl (C=O) groups excluding carboxylic acids is 2. The number of ether oxygens (including phenoxy) is 2. The monoisotopic (exact) mass is 624 g/mol. The lowest BCUT2D eigenvalue weighted by Gasteiger charge is -2.33. The Morgan fingerprint density at radius 3 is 2.18 bits per heavy atom. The van der Waals surface area contributed by atoms with Gasteiger partial charge in [-0.3, -0.25) is 9.63 Å². The third kappa shape index (κ3) is 8.41. The number of aromatic nitrogens is 3. The van der Waals surface area contributed by atoms with Crippen LogP contribution < -0.4 is 20.4 Å². The minimum Gasteiger partial charge on any atom is -0.494 e. The van der Waals surface area contributed by atoms with Crippen LogP contribution in [0, 0.1) is 6.92 Å². The third-order valence-corrected chi connectivity index (χ3v) is 7.03. The predicted octanol–water partition coefficient (Wildman–Crippen LogP) is 5.76. The lowest BCUT2D eigenvalue weighted by Crippen LogP contribution is -2.42. The van der Waals surface area contributed by atoms with Gasteiger partial charge in [0, 0.05) is 23.2 Å². The number of benzene rings is 1. The lowest BCUT2D eigenvalue weighted by molar-refractivity contribution is -0.0173. The highest BCUT2D eigenvalue weighted by atomic mass is 16.7. The Bertz CT molecular complexity index is 1530. The predicted molar refractivity (Wildman–Crippen MR) is 169 cm³/mol. The quantitative estimate of drug-likeness (QED) is 0.250. The molecule has 2 heterocycles. The van der Waals surface area contributed by atoms with Crippen molar-refractivity contribution >= 4 is 35.3 Å². The molecule has 0 atom stereocenters. The van der Waals surface area contributed by atoms with E-state index in [2.05, 4.69) is 20.7 Å². The zero-order chi connectivity index (χ0) is 33.1. The van der Waals surface area contributed by atoms with E-state index >= 15 is 0 Å². The number of rotatable bonds is 9. The highest BCUT2D eigenvalue weighted by Crippen LogP contribution is 2.33. The molecule has 1 fully saturated rings. The zero-order valence-electron chi connectivity index (χ0n) is 27.3. The van der Waals surface area contributed by atoms with Crippen molar-refractivity contribution in [3.63, 3.8) is 0 Å². The first-order valence-electron chi connectivity index (χ1n) is 15.2. The lowest BCUT2D eigenvalue weighted by atomic mass is 9.91. The van der Waals surface area contributed by atoms with Gasteiger partial charge in [0.05, 0.1) is 18.4 Å². The summed E-state index contributed by atoms with van der Waals surface area (Å²) in [6.45, 7) is 15.1. The van der Waals surface area contributed by atoms with E-state index in [9.17, 15) is 19.5 Å². The molecule has 0 saturated heterocycles. The molecule has 0 bridgehead atoms. The van der Waals surface area contributed by atoms with Crippen molar-refractivity contribution in [2.24, 2.45) is 0 Å². The zero-order valence-corrected chi connectivity index (χ0v) is 27.3. The van der Waals surface area contributed by atoms with Crippen LogP contribution in [0.1, 0.15) is 100 Å². The van der Waals surface area contributed by atoms with Crippen LogP contribution in [0.4, 0.5) is 16.4 Å². The molecule has 13 nitrogen and oxygen atoms in total. The van der Waals surface area contributed by atoms with Crippen LogP contribution in [0.15, 0.2) is 30.5 Å². The number of hydrogen-bond donors (Lipinski definition) is 3. The van der Waals surface area contributed by atoms with E-state index in [4.69, 9.17) is 14.3 Å². The molecule has 0 radical (unpaired) electrons. The molecule has 1 saturated carbocycles. The van der Waals surface area contributed by atoms with E-state index < -0.39 is 29.2 Å². The molecule has 13 heteroatoms. The summed E-state index contributed by atoms with van der Waals surface area (Å²) in [7, 11) is 0. The van der Waals surface area contributed by atoms with Gasteiger partial charge in [-0.2, -0.15) is 14.7 Å². The van der Waals surface area contributed by atoms with Crippen LogP contribution in [0.25, 0.3) is 5.65 Å².